The summed E-state index contributed by atoms with van der Waals surface area (Å²) in [5.74, 6) is -0.806. The molecule has 0 saturated carbocycles. The first kappa shape index (κ1) is 12.8. The van der Waals surface area contributed by atoms with E-state index in [1.807, 2.05) is 22.6 Å². The normalized spacial score (nSPS) is 10.6. The fourth-order valence-corrected chi connectivity index (χ4v) is 2.01. The van der Waals surface area contributed by atoms with Gasteiger partial charge in [-0.2, -0.15) is 0 Å². The van der Waals surface area contributed by atoms with Crippen LogP contribution in [0.15, 0.2) is 27.8 Å². The van der Waals surface area contributed by atoms with E-state index in [-0.39, 0.29) is 17.9 Å². The minimum Gasteiger partial charge on any atom is -0.475 e. The summed E-state index contributed by atoms with van der Waals surface area (Å²) >= 11 is 1.89. The zero-order valence-corrected chi connectivity index (χ0v) is 11.5. The second-order valence-electron chi connectivity index (χ2n) is 3.70. The van der Waals surface area contributed by atoms with Crippen LogP contribution >= 0.6 is 22.6 Å². The molecule has 0 amide bonds. The summed E-state index contributed by atoms with van der Waals surface area (Å²) < 4.78 is 7.05. The van der Waals surface area contributed by atoms with Gasteiger partial charge in [0.05, 0.1) is 16.4 Å². The highest BCUT2D eigenvalue weighted by Crippen LogP contribution is 2.15. The van der Waals surface area contributed by atoms with Crippen molar-refractivity contribution in [3.8, 4) is 0 Å². The Kier molecular flexibility index (Phi) is 3.50. The maximum absolute atomic E-state index is 11.8. The van der Waals surface area contributed by atoms with E-state index >= 15 is 0 Å². The number of carbonyl (C=O) groups is 1. The van der Waals surface area contributed by atoms with Gasteiger partial charge in [-0.25, -0.2) is 9.78 Å². The fraction of sp³-hybridized carbons (Fsp3) is 0.182. The van der Waals surface area contributed by atoms with Crippen LogP contribution in [-0.2, 0) is 6.54 Å². The number of hydrogen-bond donors (Lipinski definition) is 1. The summed E-state index contributed by atoms with van der Waals surface area (Å²) in [6.07, 6.45) is 2.86. The highest BCUT2D eigenvalue weighted by molar-refractivity contribution is 14.1. The van der Waals surface area contributed by atoms with Gasteiger partial charge in [-0.1, -0.05) is 0 Å². The van der Waals surface area contributed by atoms with E-state index in [1.54, 1.807) is 13.0 Å². The minimum absolute atomic E-state index is 0.100. The average molecular weight is 360 g/mol. The van der Waals surface area contributed by atoms with Crippen molar-refractivity contribution in [2.24, 2.45) is 0 Å². The molecule has 18 heavy (non-hydrogen) atoms. The molecule has 0 radical (unpaired) electrons. The predicted molar refractivity (Wildman–Crippen MR) is 70.7 cm³/mol. The molecule has 2 aromatic rings. The quantitative estimate of drug-likeness (QED) is 0.839. The fourth-order valence-electron chi connectivity index (χ4n) is 1.54. The Morgan fingerprint density at radius 2 is 2.33 bits per heavy atom. The Labute approximate surface area is 115 Å². The molecular weight excluding hydrogens is 351 g/mol. The molecule has 0 atom stereocenters. The summed E-state index contributed by atoms with van der Waals surface area (Å²) in [5, 5.41) is 8.87. The Bertz CT molecular complexity index is 659. The van der Waals surface area contributed by atoms with Gasteiger partial charge in [0.15, 0.2) is 0 Å². The number of carboxylic acids is 1. The van der Waals surface area contributed by atoms with Crippen LogP contribution in [0.3, 0.4) is 0 Å². The summed E-state index contributed by atoms with van der Waals surface area (Å²) in [6.45, 7) is 1.81. The molecule has 0 unspecified atom stereocenters. The Morgan fingerprint density at radius 3 is 2.94 bits per heavy atom. The molecule has 6 nitrogen and oxygen atoms in total. The number of aryl methyl sites for hydroxylation is 1. The molecule has 0 fully saturated rings. The van der Waals surface area contributed by atoms with E-state index in [1.165, 1.54) is 17.1 Å². The molecule has 0 saturated heterocycles. The van der Waals surface area contributed by atoms with Crippen LogP contribution in [0.5, 0.6) is 0 Å². The van der Waals surface area contributed by atoms with E-state index in [9.17, 15) is 9.59 Å². The number of halogens is 1. The number of carboxylic acid groups (broad SMARTS) is 1. The van der Waals surface area contributed by atoms with Crippen molar-refractivity contribution in [1.29, 1.82) is 0 Å². The molecule has 0 bridgehead atoms. The first-order chi connectivity index (χ1) is 8.49. The Balaban J connectivity index is 2.35. The number of rotatable bonds is 3. The molecule has 1 N–H and O–H groups in total. The number of aromatic carboxylic acids is 1. The standard InChI is InChI=1S/C11H9IN2O4/c1-6-2-7(18-9(6)11(16)17)4-14-5-13-3-8(12)10(14)15/h2-3,5H,4H2,1H3,(H,16,17). The van der Waals surface area contributed by atoms with Crippen molar-refractivity contribution in [2.45, 2.75) is 13.5 Å². The zero-order chi connectivity index (χ0) is 13.3. The largest absolute Gasteiger partial charge is 0.475 e. The van der Waals surface area contributed by atoms with Crippen LogP contribution in [-0.4, -0.2) is 20.6 Å². The van der Waals surface area contributed by atoms with Gasteiger partial charge in [-0.05, 0) is 35.6 Å². The van der Waals surface area contributed by atoms with Crippen LogP contribution < -0.4 is 5.56 Å². The lowest BCUT2D eigenvalue weighted by Gasteiger charge is -2.02. The van der Waals surface area contributed by atoms with E-state index in [2.05, 4.69) is 4.98 Å². The van der Waals surface area contributed by atoms with Gasteiger partial charge in [0.2, 0.25) is 5.76 Å². The van der Waals surface area contributed by atoms with Gasteiger partial charge >= 0.3 is 5.97 Å². The highest BCUT2D eigenvalue weighted by Gasteiger charge is 2.15. The first-order valence-electron chi connectivity index (χ1n) is 5.01. The molecular formula is C11H9IN2O4. The second-order valence-corrected chi connectivity index (χ2v) is 4.87. The van der Waals surface area contributed by atoms with Gasteiger partial charge in [-0.3, -0.25) is 9.36 Å². The van der Waals surface area contributed by atoms with E-state index in [0.29, 0.717) is 14.9 Å². The molecule has 0 spiro atoms. The lowest BCUT2D eigenvalue weighted by atomic mass is 10.2. The molecule has 7 heteroatoms. The molecule has 2 heterocycles. The van der Waals surface area contributed by atoms with Crippen LogP contribution in [0.4, 0.5) is 0 Å². The van der Waals surface area contributed by atoms with Gasteiger partial charge in [-0.15, -0.1) is 0 Å². The van der Waals surface area contributed by atoms with E-state index < -0.39 is 5.97 Å². The SMILES string of the molecule is Cc1cc(Cn2cncc(I)c2=O)oc1C(=O)O. The van der Waals surface area contributed by atoms with E-state index in [4.69, 9.17) is 9.52 Å². The minimum atomic E-state index is -1.12. The van der Waals surface area contributed by atoms with Crippen molar-refractivity contribution in [2.75, 3.05) is 0 Å². The Morgan fingerprint density at radius 1 is 1.61 bits per heavy atom. The van der Waals surface area contributed by atoms with Crippen LogP contribution in [0.2, 0.25) is 0 Å². The summed E-state index contributed by atoms with van der Waals surface area (Å²) in [5.41, 5.74) is 0.348. The zero-order valence-electron chi connectivity index (χ0n) is 9.38. The monoisotopic (exact) mass is 360 g/mol. The van der Waals surface area contributed by atoms with Crippen LogP contribution in [0.1, 0.15) is 21.9 Å². The number of aromatic nitrogens is 2. The molecule has 2 aromatic heterocycles. The lowest BCUT2D eigenvalue weighted by Crippen LogP contribution is -2.22. The highest BCUT2D eigenvalue weighted by atomic mass is 127. The van der Waals surface area contributed by atoms with Crippen molar-refractivity contribution in [3.05, 3.63) is 49.6 Å². The van der Waals surface area contributed by atoms with Gasteiger partial charge in [0.25, 0.3) is 5.56 Å². The maximum atomic E-state index is 11.8. The van der Waals surface area contributed by atoms with Gasteiger partial charge in [0, 0.05) is 11.8 Å². The van der Waals surface area contributed by atoms with Crippen LogP contribution in [0, 0.1) is 10.5 Å². The molecule has 2 rings (SSSR count). The Hall–Kier alpha value is -1.64. The van der Waals surface area contributed by atoms with Crippen molar-refractivity contribution in [1.82, 2.24) is 9.55 Å². The summed E-state index contributed by atoms with van der Waals surface area (Å²) in [4.78, 5) is 26.5. The molecule has 0 aliphatic rings. The number of furan rings is 1. The summed E-state index contributed by atoms with van der Waals surface area (Å²) in [7, 11) is 0. The molecule has 0 aliphatic carbocycles. The van der Waals surface area contributed by atoms with Crippen molar-refractivity contribution in [3.63, 3.8) is 0 Å². The van der Waals surface area contributed by atoms with Gasteiger partial charge < -0.3 is 9.52 Å². The number of nitrogens with zero attached hydrogens (tertiary/aromatic N) is 2. The van der Waals surface area contributed by atoms with Crippen molar-refractivity contribution >= 4 is 28.6 Å². The topological polar surface area (TPSA) is 85.3 Å². The molecule has 0 aliphatic heterocycles. The first-order valence-corrected chi connectivity index (χ1v) is 6.09. The summed E-state index contributed by atoms with van der Waals surface area (Å²) in [6, 6.07) is 1.61. The third-order valence-corrected chi connectivity index (χ3v) is 3.09. The molecule has 0 aromatic carbocycles. The number of hydrogen-bond acceptors (Lipinski definition) is 4. The van der Waals surface area contributed by atoms with Gasteiger partial charge in [0.1, 0.15) is 5.76 Å². The third-order valence-electron chi connectivity index (χ3n) is 2.35. The maximum Gasteiger partial charge on any atom is 0.372 e. The lowest BCUT2D eigenvalue weighted by molar-refractivity contribution is 0.0659. The van der Waals surface area contributed by atoms with E-state index in [0.717, 1.165) is 0 Å². The smallest absolute Gasteiger partial charge is 0.372 e. The molecule has 94 valence electrons. The van der Waals surface area contributed by atoms with Crippen molar-refractivity contribution < 1.29 is 14.3 Å². The second kappa shape index (κ2) is 4.92. The average Bonchev–Trinajstić information content (AvgIpc) is 2.66. The third kappa shape index (κ3) is 2.45. The van der Waals surface area contributed by atoms with Crippen LogP contribution in [0.25, 0.3) is 0 Å². The predicted octanol–water partition coefficient (Wildman–Crippen LogP) is 1.50.